The topological polar surface area (TPSA) is 37.8 Å². The number of aryl methyl sites for hydroxylation is 1. The van der Waals surface area contributed by atoms with Gasteiger partial charge in [0, 0.05) is 11.4 Å². The van der Waals surface area contributed by atoms with Gasteiger partial charge in [0.15, 0.2) is 4.77 Å². The van der Waals surface area contributed by atoms with Gasteiger partial charge in [-0.3, -0.25) is 9.36 Å². The molecular formula is C15H18N2OS2. The lowest BCUT2D eigenvalue weighted by molar-refractivity contribution is 0.509. The Morgan fingerprint density at radius 2 is 2.35 bits per heavy atom. The van der Waals surface area contributed by atoms with Crippen LogP contribution in [0.25, 0.3) is 10.2 Å². The van der Waals surface area contributed by atoms with Gasteiger partial charge in [0.25, 0.3) is 5.56 Å². The van der Waals surface area contributed by atoms with E-state index in [2.05, 4.69) is 18.5 Å². The molecule has 0 fully saturated rings. The molecule has 0 amide bonds. The SMILES string of the molecule is C=C(C)Cn1c(=S)[nH]c2sc3c(c2c1=O)CC[C@@H](C)C3. The lowest BCUT2D eigenvalue weighted by atomic mass is 9.89. The van der Waals surface area contributed by atoms with E-state index in [-0.39, 0.29) is 5.56 Å². The number of hydrogen-bond donors (Lipinski definition) is 1. The van der Waals surface area contributed by atoms with E-state index in [9.17, 15) is 4.79 Å². The van der Waals surface area contributed by atoms with E-state index < -0.39 is 0 Å². The van der Waals surface area contributed by atoms with Crippen LogP contribution in [0, 0.1) is 10.7 Å². The largest absolute Gasteiger partial charge is 0.323 e. The highest BCUT2D eigenvalue weighted by atomic mass is 32.1. The predicted molar refractivity (Wildman–Crippen MR) is 87.3 cm³/mol. The molecule has 1 aliphatic rings. The molecule has 0 radical (unpaired) electrons. The number of rotatable bonds is 2. The molecule has 2 heterocycles. The highest BCUT2D eigenvalue weighted by molar-refractivity contribution is 7.71. The number of nitrogens with one attached hydrogen (secondary N) is 1. The number of fused-ring (bicyclic) bond motifs is 3. The summed E-state index contributed by atoms with van der Waals surface area (Å²) in [6, 6.07) is 0. The smallest absolute Gasteiger partial charge is 0.263 e. The van der Waals surface area contributed by atoms with Gasteiger partial charge >= 0.3 is 0 Å². The lowest BCUT2D eigenvalue weighted by Crippen LogP contribution is -2.23. The first-order valence-electron chi connectivity index (χ1n) is 6.89. The molecule has 0 bridgehead atoms. The molecule has 0 saturated heterocycles. The van der Waals surface area contributed by atoms with Crippen molar-refractivity contribution in [3.8, 4) is 0 Å². The van der Waals surface area contributed by atoms with Crippen molar-refractivity contribution in [3.63, 3.8) is 0 Å². The fraction of sp³-hybridized carbons (Fsp3) is 0.467. The Labute approximate surface area is 127 Å². The van der Waals surface area contributed by atoms with Crippen LogP contribution in [0.2, 0.25) is 0 Å². The summed E-state index contributed by atoms with van der Waals surface area (Å²) < 4.78 is 2.13. The summed E-state index contributed by atoms with van der Waals surface area (Å²) >= 11 is 7.02. The molecule has 106 valence electrons. The van der Waals surface area contributed by atoms with Crippen molar-refractivity contribution >= 4 is 33.8 Å². The van der Waals surface area contributed by atoms with Crippen LogP contribution in [0.3, 0.4) is 0 Å². The van der Waals surface area contributed by atoms with Gasteiger partial charge < -0.3 is 4.98 Å². The molecule has 1 atom stereocenters. The highest BCUT2D eigenvalue weighted by Crippen LogP contribution is 2.35. The fourth-order valence-corrected chi connectivity index (χ4v) is 4.59. The molecule has 1 aliphatic carbocycles. The molecule has 0 aromatic carbocycles. The maximum atomic E-state index is 12.7. The Kier molecular flexibility index (Phi) is 3.42. The van der Waals surface area contributed by atoms with E-state index in [1.165, 1.54) is 10.4 Å². The quantitative estimate of drug-likeness (QED) is 0.676. The first kappa shape index (κ1) is 13.8. The zero-order valence-electron chi connectivity index (χ0n) is 11.8. The summed E-state index contributed by atoms with van der Waals surface area (Å²) in [5.41, 5.74) is 2.22. The van der Waals surface area contributed by atoms with E-state index in [1.54, 1.807) is 15.9 Å². The van der Waals surface area contributed by atoms with Gasteiger partial charge in [0.1, 0.15) is 4.83 Å². The van der Waals surface area contributed by atoms with Crippen molar-refractivity contribution in [1.29, 1.82) is 0 Å². The number of nitrogens with zero attached hydrogens (tertiary/aromatic N) is 1. The molecule has 3 nitrogen and oxygen atoms in total. The summed E-state index contributed by atoms with van der Waals surface area (Å²) in [4.78, 5) is 18.3. The van der Waals surface area contributed by atoms with Crippen molar-refractivity contribution in [2.45, 2.75) is 39.7 Å². The van der Waals surface area contributed by atoms with Gasteiger partial charge in [-0.25, -0.2) is 0 Å². The first-order chi connectivity index (χ1) is 9.47. The third-order valence-corrected chi connectivity index (χ3v) is 5.36. The van der Waals surface area contributed by atoms with Gasteiger partial charge in [-0.15, -0.1) is 11.3 Å². The number of allylic oxidation sites excluding steroid dienone is 1. The van der Waals surface area contributed by atoms with Crippen molar-refractivity contribution in [1.82, 2.24) is 9.55 Å². The number of H-pyrrole nitrogens is 1. The molecule has 0 aliphatic heterocycles. The van der Waals surface area contributed by atoms with Crippen LogP contribution < -0.4 is 5.56 Å². The van der Waals surface area contributed by atoms with Crippen LogP contribution in [0.1, 0.15) is 30.7 Å². The van der Waals surface area contributed by atoms with Crippen molar-refractivity contribution in [3.05, 3.63) is 37.7 Å². The third-order valence-electron chi connectivity index (χ3n) is 3.86. The molecule has 0 spiro atoms. The van der Waals surface area contributed by atoms with Gasteiger partial charge in [0.2, 0.25) is 0 Å². The normalized spacial score (nSPS) is 18.2. The van der Waals surface area contributed by atoms with Crippen LogP contribution >= 0.6 is 23.6 Å². The number of hydrogen-bond acceptors (Lipinski definition) is 3. The van der Waals surface area contributed by atoms with Gasteiger partial charge in [-0.05, 0) is 49.9 Å². The number of aromatic nitrogens is 2. The van der Waals surface area contributed by atoms with Crippen molar-refractivity contribution in [2.24, 2.45) is 5.92 Å². The second kappa shape index (κ2) is 4.97. The summed E-state index contributed by atoms with van der Waals surface area (Å²) in [6.45, 7) is 8.56. The molecule has 0 saturated carbocycles. The van der Waals surface area contributed by atoms with Crippen LogP contribution in [0.15, 0.2) is 16.9 Å². The predicted octanol–water partition coefficient (Wildman–Crippen LogP) is 3.82. The third kappa shape index (κ3) is 2.19. The Morgan fingerprint density at radius 3 is 3.05 bits per heavy atom. The molecule has 5 heteroatoms. The van der Waals surface area contributed by atoms with E-state index in [0.717, 1.165) is 35.1 Å². The Balaban J connectivity index is 2.29. The van der Waals surface area contributed by atoms with E-state index >= 15 is 0 Å². The molecule has 2 aromatic rings. The van der Waals surface area contributed by atoms with E-state index in [4.69, 9.17) is 12.2 Å². The molecule has 20 heavy (non-hydrogen) atoms. The lowest BCUT2D eigenvalue weighted by Gasteiger charge is -2.17. The molecule has 3 rings (SSSR count). The Morgan fingerprint density at radius 1 is 1.60 bits per heavy atom. The number of thiophene rings is 1. The second-order valence-electron chi connectivity index (χ2n) is 5.83. The van der Waals surface area contributed by atoms with Gasteiger partial charge in [-0.1, -0.05) is 19.1 Å². The average Bonchev–Trinajstić information content (AvgIpc) is 2.71. The Bertz CT molecular complexity index is 810. The maximum absolute atomic E-state index is 12.7. The van der Waals surface area contributed by atoms with Crippen LogP contribution in [0.5, 0.6) is 0 Å². The molecular weight excluding hydrogens is 288 g/mol. The van der Waals surface area contributed by atoms with E-state index in [0.29, 0.717) is 17.2 Å². The monoisotopic (exact) mass is 306 g/mol. The fourth-order valence-electron chi connectivity index (χ4n) is 2.87. The summed E-state index contributed by atoms with van der Waals surface area (Å²) in [5.74, 6) is 0.705. The minimum absolute atomic E-state index is 0.0406. The Hall–Kier alpha value is -1.20. The van der Waals surface area contributed by atoms with Crippen molar-refractivity contribution < 1.29 is 0 Å². The zero-order valence-corrected chi connectivity index (χ0v) is 13.4. The average molecular weight is 306 g/mol. The standard InChI is InChI=1S/C15H18N2OS2/c1-8(2)7-17-14(18)12-10-5-4-9(3)6-11(10)20-13(12)16-15(17)19/h9H,1,4-7H2,2-3H3,(H,16,19)/t9-/m1/s1. The summed E-state index contributed by atoms with van der Waals surface area (Å²) in [6.07, 6.45) is 3.24. The maximum Gasteiger partial charge on any atom is 0.263 e. The molecule has 2 aromatic heterocycles. The summed E-state index contributed by atoms with van der Waals surface area (Å²) in [7, 11) is 0. The zero-order chi connectivity index (χ0) is 14.4. The minimum Gasteiger partial charge on any atom is -0.323 e. The summed E-state index contributed by atoms with van der Waals surface area (Å²) in [5, 5.41) is 0.853. The second-order valence-corrected chi connectivity index (χ2v) is 7.33. The van der Waals surface area contributed by atoms with Gasteiger partial charge in [0.05, 0.1) is 5.39 Å². The first-order valence-corrected chi connectivity index (χ1v) is 8.11. The van der Waals surface area contributed by atoms with Crippen LogP contribution in [-0.4, -0.2) is 9.55 Å². The van der Waals surface area contributed by atoms with E-state index in [1.807, 2.05) is 6.92 Å². The highest BCUT2D eigenvalue weighted by Gasteiger charge is 2.23. The minimum atomic E-state index is 0.0406. The number of aromatic amines is 1. The molecule has 1 N–H and O–H groups in total. The van der Waals surface area contributed by atoms with Crippen LogP contribution in [0.4, 0.5) is 0 Å². The van der Waals surface area contributed by atoms with Crippen LogP contribution in [-0.2, 0) is 19.4 Å². The van der Waals surface area contributed by atoms with Gasteiger partial charge in [-0.2, -0.15) is 0 Å². The van der Waals surface area contributed by atoms with Crippen molar-refractivity contribution in [2.75, 3.05) is 0 Å². The molecule has 0 unspecified atom stereocenters.